The number of carboxylic acids is 1. The fourth-order valence-corrected chi connectivity index (χ4v) is 2.00. The quantitative estimate of drug-likeness (QED) is 0.576. The van der Waals surface area contributed by atoms with Gasteiger partial charge in [0.25, 0.3) is 0 Å². The van der Waals surface area contributed by atoms with E-state index in [4.69, 9.17) is 5.11 Å². The van der Waals surface area contributed by atoms with E-state index in [0.717, 1.165) is 13.2 Å². The summed E-state index contributed by atoms with van der Waals surface area (Å²) in [6.07, 6.45) is 2.51. The maximum atomic E-state index is 10.3. The molecule has 3 nitrogen and oxygen atoms in total. The van der Waals surface area contributed by atoms with Crippen molar-refractivity contribution in [3.8, 4) is 5.75 Å². The smallest absolute Gasteiger partial charge is 0.328 e. The predicted octanol–water partition coefficient (Wildman–Crippen LogP) is 2.70. The van der Waals surface area contributed by atoms with Crippen LogP contribution in [0.5, 0.6) is 5.75 Å². The number of benzene rings is 1. The van der Waals surface area contributed by atoms with Crippen molar-refractivity contribution in [1.29, 1.82) is 0 Å². The highest BCUT2D eigenvalue weighted by Gasteiger charge is 2.03. The second kappa shape index (κ2) is 4.96. The molecule has 1 aromatic carbocycles. The minimum atomic E-state index is -1.00. The molecule has 0 spiro atoms. The minimum Gasteiger partial charge on any atom is -0.508 e. The van der Waals surface area contributed by atoms with Crippen molar-refractivity contribution in [3.05, 3.63) is 30.9 Å². The van der Waals surface area contributed by atoms with E-state index in [0.29, 0.717) is 5.56 Å². The Hall–Kier alpha value is -0.310. The lowest BCUT2D eigenvalue weighted by atomic mass is 10.2. The molecule has 0 aromatic heterocycles. The zero-order valence-electron chi connectivity index (χ0n) is 6.87. The molecule has 0 bridgehead atoms. The number of hydrogen-bond acceptors (Lipinski definition) is 2. The summed E-state index contributed by atoms with van der Waals surface area (Å²) >= 11 is 4.19. The van der Waals surface area contributed by atoms with E-state index in [1.807, 2.05) is 0 Å². The van der Waals surface area contributed by atoms with E-state index in [9.17, 15) is 9.90 Å². The molecule has 0 unspecified atom stereocenters. The van der Waals surface area contributed by atoms with Gasteiger partial charge < -0.3 is 10.2 Å². The highest BCUT2D eigenvalue weighted by atomic mass is 127. The Morgan fingerprint density at radius 1 is 1.36 bits per heavy atom. The summed E-state index contributed by atoms with van der Waals surface area (Å²) in [4.78, 5) is 10.3. The summed E-state index contributed by atoms with van der Waals surface area (Å²) in [5, 5.41) is 17.7. The summed E-state index contributed by atoms with van der Waals surface area (Å²) in [6.45, 7) is 0. The van der Waals surface area contributed by atoms with E-state index in [2.05, 4.69) is 45.2 Å². The molecular weight excluding hydrogens is 410 g/mol. The molecule has 0 saturated carbocycles. The van der Waals surface area contributed by atoms with Gasteiger partial charge in [0.05, 0.1) is 0 Å². The number of aliphatic carboxylic acids is 1. The molecule has 0 aliphatic heterocycles. The monoisotopic (exact) mass is 416 g/mol. The Morgan fingerprint density at radius 2 is 2.00 bits per heavy atom. The summed E-state index contributed by atoms with van der Waals surface area (Å²) in [5.74, 6) is -0.862. The van der Waals surface area contributed by atoms with Gasteiger partial charge in [0, 0.05) is 13.2 Å². The van der Waals surface area contributed by atoms with Gasteiger partial charge >= 0.3 is 5.97 Å². The summed E-state index contributed by atoms with van der Waals surface area (Å²) in [5.41, 5.74) is 0.706. The molecule has 2 N–H and O–H groups in total. The van der Waals surface area contributed by atoms with Crippen molar-refractivity contribution < 1.29 is 15.0 Å². The Labute approximate surface area is 108 Å². The van der Waals surface area contributed by atoms with Crippen molar-refractivity contribution >= 4 is 57.2 Å². The molecule has 0 atom stereocenters. The fraction of sp³-hybridized carbons (Fsp3) is 0. The van der Waals surface area contributed by atoms with Gasteiger partial charge in [-0.3, -0.25) is 0 Å². The first-order valence-corrected chi connectivity index (χ1v) is 5.75. The summed E-state index contributed by atoms with van der Waals surface area (Å²) < 4.78 is 1.83. The fourth-order valence-electron chi connectivity index (χ4n) is 0.878. The predicted molar refractivity (Wildman–Crippen MR) is 70.2 cm³/mol. The third-order valence-electron chi connectivity index (χ3n) is 1.45. The maximum absolute atomic E-state index is 10.3. The average Bonchev–Trinajstić information content (AvgIpc) is 2.08. The molecule has 0 radical (unpaired) electrons. The molecule has 14 heavy (non-hydrogen) atoms. The van der Waals surface area contributed by atoms with E-state index in [-0.39, 0.29) is 5.75 Å². The first-order chi connectivity index (χ1) is 6.50. The van der Waals surface area contributed by atoms with Crippen LogP contribution in [0.4, 0.5) is 0 Å². The van der Waals surface area contributed by atoms with Gasteiger partial charge in [-0.1, -0.05) is 0 Å². The number of carbonyl (C=O) groups is 1. The molecule has 0 fully saturated rings. The molecule has 1 aromatic rings. The van der Waals surface area contributed by atoms with E-state index in [1.54, 1.807) is 6.07 Å². The molecule has 1 rings (SSSR count). The highest BCUT2D eigenvalue weighted by molar-refractivity contribution is 14.1. The zero-order chi connectivity index (χ0) is 10.7. The summed E-state index contributed by atoms with van der Waals surface area (Å²) in [7, 11) is 0. The number of aromatic hydroxyl groups is 1. The number of halogens is 2. The van der Waals surface area contributed by atoms with Gasteiger partial charge in [-0.25, -0.2) is 4.79 Å². The minimum absolute atomic E-state index is 0.139. The third kappa shape index (κ3) is 3.12. The van der Waals surface area contributed by atoms with Crippen LogP contribution in [-0.2, 0) is 4.79 Å². The van der Waals surface area contributed by atoms with Crippen LogP contribution in [-0.4, -0.2) is 16.2 Å². The number of carboxylic acid groups (broad SMARTS) is 1. The van der Waals surface area contributed by atoms with Crippen molar-refractivity contribution in [2.75, 3.05) is 0 Å². The van der Waals surface area contributed by atoms with Crippen molar-refractivity contribution in [3.63, 3.8) is 0 Å². The molecule has 5 heteroatoms. The Bertz CT molecular complexity index is 399. The standard InChI is InChI=1S/C9H6I2O3/c10-7-4-6(12)3-5(9(7)11)1-2-8(13)14/h1-4,12H,(H,13,14)/b2-1+. The third-order valence-corrected chi connectivity index (χ3v) is 4.53. The highest BCUT2D eigenvalue weighted by Crippen LogP contribution is 2.25. The SMILES string of the molecule is O=C(O)/C=C/c1cc(O)cc(I)c1I. The molecule has 0 saturated heterocycles. The lowest BCUT2D eigenvalue weighted by Gasteiger charge is -2.02. The van der Waals surface area contributed by atoms with Crippen LogP contribution in [0, 0.1) is 7.14 Å². The Balaban J connectivity index is 3.14. The number of phenolic OH excluding ortho intramolecular Hbond substituents is 1. The largest absolute Gasteiger partial charge is 0.508 e. The molecule has 0 heterocycles. The van der Waals surface area contributed by atoms with Crippen molar-refractivity contribution in [2.24, 2.45) is 0 Å². The van der Waals surface area contributed by atoms with Gasteiger partial charge in [-0.2, -0.15) is 0 Å². The topological polar surface area (TPSA) is 57.5 Å². The molecular formula is C9H6I2O3. The van der Waals surface area contributed by atoms with Crippen LogP contribution in [0.3, 0.4) is 0 Å². The van der Waals surface area contributed by atoms with Crippen molar-refractivity contribution in [2.45, 2.75) is 0 Å². The second-order valence-electron chi connectivity index (χ2n) is 2.50. The lowest BCUT2D eigenvalue weighted by Crippen LogP contribution is -1.89. The first kappa shape index (κ1) is 11.8. The van der Waals surface area contributed by atoms with Crippen LogP contribution in [0.1, 0.15) is 5.56 Å². The molecule has 74 valence electrons. The van der Waals surface area contributed by atoms with Gasteiger partial charge in [0.15, 0.2) is 0 Å². The van der Waals surface area contributed by atoms with E-state index >= 15 is 0 Å². The van der Waals surface area contributed by atoms with Crippen molar-refractivity contribution in [1.82, 2.24) is 0 Å². The van der Waals surface area contributed by atoms with E-state index < -0.39 is 5.97 Å². The number of rotatable bonds is 2. The maximum Gasteiger partial charge on any atom is 0.328 e. The Kier molecular flexibility index (Phi) is 4.17. The molecule has 0 aliphatic carbocycles. The van der Waals surface area contributed by atoms with Crippen LogP contribution >= 0.6 is 45.2 Å². The molecule has 0 amide bonds. The average molecular weight is 416 g/mol. The number of phenols is 1. The normalized spacial score (nSPS) is 10.7. The first-order valence-electron chi connectivity index (χ1n) is 3.59. The lowest BCUT2D eigenvalue weighted by molar-refractivity contribution is -0.131. The Morgan fingerprint density at radius 3 is 2.57 bits per heavy atom. The van der Waals surface area contributed by atoms with E-state index in [1.165, 1.54) is 12.1 Å². The zero-order valence-corrected chi connectivity index (χ0v) is 11.2. The van der Waals surface area contributed by atoms with Crippen LogP contribution in [0.15, 0.2) is 18.2 Å². The summed E-state index contributed by atoms with van der Waals surface area (Å²) in [6, 6.07) is 3.16. The van der Waals surface area contributed by atoms with Gasteiger partial charge in [0.1, 0.15) is 5.75 Å². The van der Waals surface area contributed by atoms with Gasteiger partial charge in [-0.05, 0) is 69.0 Å². The van der Waals surface area contributed by atoms with Crippen LogP contribution < -0.4 is 0 Å². The second-order valence-corrected chi connectivity index (χ2v) is 4.74. The molecule has 0 aliphatic rings. The van der Waals surface area contributed by atoms with Gasteiger partial charge in [0.2, 0.25) is 0 Å². The van der Waals surface area contributed by atoms with Crippen LogP contribution in [0.25, 0.3) is 6.08 Å². The number of hydrogen-bond donors (Lipinski definition) is 2. The van der Waals surface area contributed by atoms with Crippen LogP contribution in [0.2, 0.25) is 0 Å². The van der Waals surface area contributed by atoms with Gasteiger partial charge in [-0.15, -0.1) is 0 Å².